The molecule has 0 spiro atoms. The highest BCUT2D eigenvalue weighted by atomic mass is 19.1. The van der Waals surface area contributed by atoms with Crippen LogP contribution >= 0.6 is 0 Å². The Hall–Kier alpha value is -4.28. The van der Waals surface area contributed by atoms with E-state index in [1.54, 1.807) is 65.2 Å². The molecule has 0 saturated carbocycles. The number of rotatable bonds is 7. The van der Waals surface area contributed by atoms with Gasteiger partial charge in [-0.15, -0.1) is 0 Å². The number of aliphatic hydroxyl groups is 1. The van der Waals surface area contributed by atoms with Crippen LogP contribution in [-0.4, -0.2) is 43.1 Å². The van der Waals surface area contributed by atoms with E-state index >= 15 is 0 Å². The van der Waals surface area contributed by atoms with E-state index in [2.05, 4.69) is 10.3 Å². The number of aromatic nitrogens is 3. The predicted octanol–water partition coefficient (Wildman–Crippen LogP) is 3.92. The number of amides is 2. The fraction of sp³-hybridized carbons (Fsp3) is 0.276. The van der Waals surface area contributed by atoms with Crippen molar-refractivity contribution in [3.8, 4) is 0 Å². The van der Waals surface area contributed by atoms with Crippen molar-refractivity contribution in [2.24, 2.45) is 5.73 Å². The number of carbonyl (C=O) groups excluding carboxylic acids is 2. The van der Waals surface area contributed by atoms with E-state index in [0.717, 1.165) is 11.3 Å². The van der Waals surface area contributed by atoms with Crippen molar-refractivity contribution in [1.82, 2.24) is 19.7 Å². The zero-order chi connectivity index (χ0) is 27.7. The van der Waals surface area contributed by atoms with Crippen LogP contribution in [0.1, 0.15) is 74.8 Å². The Kier molecular flexibility index (Phi) is 7.32. The molecule has 2 aromatic carbocycles. The van der Waals surface area contributed by atoms with Crippen LogP contribution in [0.4, 0.5) is 10.1 Å². The van der Waals surface area contributed by atoms with E-state index in [-0.39, 0.29) is 36.4 Å². The number of halogens is 1. The molecule has 2 amide bonds. The lowest BCUT2D eigenvalue weighted by molar-refractivity contribution is 0.0711. The minimum Gasteiger partial charge on any atom is -0.389 e. The van der Waals surface area contributed by atoms with Crippen molar-refractivity contribution in [3.63, 3.8) is 0 Å². The van der Waals surface area contributed by atoms with Gasteiger partial charge in [-0.1, -0.05) is 25.1 Å². The van der Waals surface area contributed by atoms with Gasteiger partial charge in [-0.2, -0.15) is 5.10 Å². The molecule has 0 saturated heterocycles. The number of hydrogen-bond donors (Lipinski definition) is 4. The quantitative estimate of drug-likeness (QED) is 0.288. The van der Waals surface area contributed by atoms with Crippen LogP contribution in [0.15, 0.2) is 60.8 Å². The molecular weight excluding hydrogens is 499 g/mol. The summed E-state index contributed by atoms with van der Waals surface area (Å²) in [5.41, 5.74) is 10.7. The molecule has 5 N–H and O–H groups in total. The Labute approximate surface area is 225 Å². The number of aromatic amines is 1. The van der Waals surface area contributed by atoms with Gasteiger partial charge in [0.2, 0.25) is 0 Å². The molecule has 2 atom stereocenters. The molecule has 4 aromatic rings. The lowest BCUT2D eigenvalue weighted by atomic mass is 9.95. The van der Waals surface area contributed by atoms with Crippen LogP contribution in [0.3, 0.4) is 0 Å². The van der Waals surface area contributed by atoms with Gasteiger partial charge in [-0.05, 0) is 60.0 Å². The molecule has 0 radical (unpaired) electrons. The Balaban J connectivity index is 1.53. The van der Waals surface area contributed by atoms with Gasteiger partial charge in [0.25, 0.3) is 11.8 Å². The first-order valence-corrected chi connectivity index (χ1v) is 12.8. The Morgan fingerprint density at radius 3 is 2.74 bits per heavy atom. The smallest absolute Gasteiger partial charge is 0.276 e. The number of benzene rings is 2. The number of nitrogens with one attached hydrogen (secondary N) is 2. The number of hydrogen-bond acceptors (Lipinski definition) is 5. The maximum absolute atomic E-state index is 13.9. The summed E-state index contributed by atoms with van der Waals surface area (Å²) in [5, 5.41) is 17.6. The molecule has 202 valence electrons. The average molecular weight is 531 g/mol. The molecule has 2 aromatic heterocycles. The maximum Gasteiger partial charge on any atom is 0.276 e. The third-order valence-corrected chi connectivity index (χ3v) is 7.07. The lowest BCUT2D eigenvalue weighted by Gasteiger charge is -2.32. The second-order valence-corrected chi connectivity index (χ2v) is 9.91. The second kappa shape index (κ2) is 10.8. The molecule has 3 heterocycles. The average Bonchev–Trinajstić information content (AvgIpc) is 3.58. The summed E-state index contributed by atoms with van der Waals surface area (Å²) >= 11 is 0. The van der Waals surface area contributed by atoms with Gasteiger partial charge in [0.1, 0.15) is 11.5 Å². The van der Waals surface area contributed by atoms with Crippen LogP contribution in [0, 0.1) is 5.82 Å². The molecule has 39 heavy (non-hydrogen) atoms. The normalized spacial score (nSPS) is 15.6. The van der Waals surface area contributed by atoms with Crippen molar-refractivity contribution in [2.75, 3.05) is 11.9 Å². The maximum atomic E-state index is 13.9. The minimum atomic E-state index is -0.685. The van der Waals surface area contributed by atoms with Gasteiger partial charge in [0.15, 0.2) is 5.69 Å². The standard InChI is InChI=1S/C29H31FN6O3/c1-17-14-35(29(39)25-7-4-10-32-25)16-24-26(28(38)33-23-6-3-5-19(12-23)18(2)37)34-36(27(17)24)15-20-8-9-22(30)11-21(20)13-31/h3-12,17-18,32,37H,13-16,31H2,1-2H3,(H,33,38). The van der Waals surface area contributed by atoms with Crippen molar-refractivity contribution < 1.29 is 19.1 Å². The number of anilines is 1. The van der Waals surface area contributed by atoms with Crippen LogP contribution in [0.5, 0.6) is 0 Å². The Bertz CT molecular complexity index is 1510. The molecule has 9 nitrogen and oxygen atoms in total. The number of aliphatic hydroxyl groups excluding tert-OH is 1. The highest BCUT2D eigenvalue weighted by Crippen LogP contribution is 2.33. The second-order valence-electron chi connectivity index (χ2n) is 9.91. The molecule has 2 unspecified atom stereocenters. The predicted molar refractivity (Wildman–Crippen MR) is 145 cm³/mol. The third-order valence-electron chi connectivity index (χ3n) is 7.07. The molecule has 0 bridgehead atoms. The summed E-state index contributed by atoms with van der Waals surface area (Å²) in [6.07, 6.45) is 1.01. The van der Waals surface area contributed by atoms with Crippen LogP contribution in [0.25, 0.3) is 0 Å². The zero-order valence-corrected chi connectivity index (χ0v) is 21.8. The van der Waals surface area contributed by atoms with Gasteiger partial charge in [-0.3, -0.25) is 14.3 Å². The molecule has 10 heteroatoms. The van der Waals surface area contributed by atoms with E-state index in [9.17, 15) is 19.1 Å². The monoisotopic (exact) mass is 530 g/mol. The van der Waals surface area contributed by atoms with E-state index < -0.39 is 12.0 Å². The summed E-state index contributed by atoms with van der Waals surface area (Å²) in [6.45, 7) is 4.77. The van der Waals surface area contributed by atoms with Gasteiger partial charge in [0, 0.05) is 42.1 Å². The summed E-state index contributed by atoms with van der Waals surface area (Å²) in [4.78, 5) is 31.4. The van der Waals surface area contributed by atoms with E-state index in [0.29, 0.717) is 41.2 Å². The van der Waals surface area contributed by atoms with Gasteiger partial charge >= 0.3 is 0 Å². The topological polar surface area (TPSA) is 129 Å². The molecule has 1 aliphatic heterocycles. The van der Waals surface area contributed by atoms with Gasteiger partial charge in [0.05, 0.1) is 19.2 Å². The van der Waals surface area contributed by atoms with Crippen LogP contribution in [0.2, 0.25) is 0 Å². The largest absolute Gasteiger partial charge is 0.389 e. The summed E-state index contributed by atoms with van der Waals surface area (Å²) in [7, 11) is 0. The minimum absolute atomic E-state index is 0.123. The number of nitrogens with zero attached hydrogens (tertiary/aromatic N) is 3. The first kappa shape index (κ1) is 26.3. The SMILES string of the molecule is CC(O)c1cccc(NC(=O)c2nn(Cc3ccc(F)cc3CN)c3c2CN(C(=O)c2ccc[nH]2)CC3C)c1. The van der Waals surface area contributed by atoms with E-state index in [1.165, 1.54) is 12.1 Å². The number of fused-ring (bicyclic) bond motifs is 1. The number of nitrogens with two attached hydrogens (primary N) is 1. The highest BCUT2D eigenvalue weighted by Gasteiger charge is 2.34. The van der Waals surface area contributed by atoms with Gasteiger partial charge < -0.3 is 26.0 Å². The number of carbonyl (C=O) groups is 2. The first-order chi connectivity index (χ1) is 18.7. The van der Waals surface area contributed by atoms with Gasteiger partial charge in [-0.25, -0.2) is 4.39 Å². The lowest BCUT2D eigenvalue weighted by Crippen LogP contribution is -2.38. The summed E-state index contributed by atoms with van der Waals surface area (Å²) in [6, 6.07) is 14.9. The summed E-state index contributed by atoms with van der Waals surface area (Å²) in [5.74, 6) is -1.08. The Morgan fingerprint density at radius 1 is 1.21 bits per heavy atom. The first-order valence-electron chi connectivity index (χ1n) is 12.8. The molecule has 1 aliphatic rings. The van der Waals surface area contributed by atoms with E-state index in [1.807, 2.05) is 6.92 Å². The van der Waals surface area contributed by atoms with Crippen molar-refractivity contribution in [1.29, 1.82) is 0 Å². The zero-order valence-electron chi connectivity index (χ0n) is 21.8. The van der Waals surface area contributed by atoms with Crippen LogP contribution < -0.4 is 11.1 Å². The molecule has 5 rings (SSSR count). The van der Waals surface area contributed by atoms with Crippen molar-refractivity contribution in [2.45, 2.75) is 45.5 Å². The Morgan fingerprint density at radius 2 is 2.03 bits per heavy atom. The molecular formula is C29H31FN6O3. The van der Waals surface area contributed by atoms with E-state index in [4.69, 9.17) is 10.8 Å². The highest BCUT2D eigenvalue weighted by molar-refractivity contribution is 6.04. The number of H-pyrrole nitrogens is 1. The van der Waals surface area contributed by atoms with Crippen molar-refractivity contribution in [3.05, 3.63) is 106 Å². The van der Waals surface area contributed by atoms with Crippen LogP contribution in [-0.2, 0) is 19.6 Å². The fourth-order valence-electron chi connectivity index (χ4n) is 5.15. The van der Waals surface area contributed by atoms with Crippen molar-refractivity contribution >= 4 is 17.5 Å². The molecule has 0 aliphatic carbocycles. The molecule has 0 fully saturated rings. The third kappa shape index (κ3) is 5.34. The summed E-state index contributed by atoms with van der Waals surface area (Å²) < 4.78 is 15.6. The fourth-order valence-corrected chi connectivity index (χ4v) is 5.15.